The molecule has 2 aliphatic rings. The minimum absolute atomic E-state index is 0.191. The molecule has 2 amide bonds. The summed E-state index contributed by atoms with van der Waals surface area (Å²) < 4.78 is 16.7. The molecule has 0 unspecified atom stereocenters. The van der Waals surface area contributed by atoms with Gasteiger partial charge < -0.3 is 19.5 Å². The van der Waals surface area contributed by atoms with Gasteiger partial charge in [0.1, 0.15) is 24.7 Å². The van der Waals surface area contributed by atoms with E-state index in [1.165, 1.54) is 7.11 Å². The second kappa shape index (κ2) is 8.59. The predicted molar refractivity (Wildman–Crippen MR) is 129 cm³/mol. The van der Waals surface area contributed by atoms with Gasteiger partial charge in [0.15, 0.2) is 11.5 Å². The van der Waals surface area contributed by atoms with Crippen LogP contribution in [0.3, 0.4) is 0 Å². The number of anilines is 2. The number of nitrogens with one attached hydrogen (secondary N) is 1. The maximum Gasteiger partial charge on any atom is 0.282 e. The van der Waals surface area contributed by atoms with Gasteiger partial charge in [-0.25, -0.2) is 4.90 Å². The van der Waals surface area contributed by atoms with Crippen LogP contribution in [0.4, 0.5) is 11.4 Å². The van der Waals surface area contributed by atoms with E-state index in [0.717, 1.165) is 16.0 Å². The monoisotopic (exact) mass is 456 g/mol. The Balaban J connectivity index is 1.62. The van der Waals surface area contributed by atoms with Crippen LogP contribution in [-0.4, -0.2) is 32.1 Å². The number of para-hydroxylation sites is 2. The lowest BCUT2D eigenvalue weighted by molar-refractivity contribution is -0.120. The summed E-state index contributed by atoms with van der Waals surface area (Å²) in [4.78, 5) is 28.6. The van der Waals surface area contributed by atoms with E-state index in [4.69, 9.17) is 14.2 Å². The lowest BCUT2D eigenvalue weighted by Crippen LogP contribution is -2.32. The average Bonchev–Trinajstić information content (AvgIpc) is 3.09. The van der Waals surface area contributed by atoms with Gasteiger partial charge in [-0.05, 0) is 54.8 Å². The van der Waals surface area contributed by atoms with Crippen LogP contribution in [0.15, 0.2) is 66.4 Å². The zero-order valence-corrected chi connectivity index (χ0v) is 19.2. The molecule has 0 bridgehead atoms. The third kappa shape index (κ3) is 3.65. The van der Waals surface area contributed by atoms with Crippen molar-refractivity contribution in [1.82, 2.24) is 0 Å². The van der Waals surface area contributed by atoms with Gasteiger partial charge in [-0.2, -0.15) is 0 Å². The first-order valence-electron chi connectivity index (χ1n) is 11.0. The third-order valence-corrected chi connectivity index (χ3v) is 6.02. The van der Waals surface area contributed by atoms with Gasteiger partial charge in [0, 0.05) is 11.8 Å². The van der Waals surface area contributed by atoms with Crippen molar-refractivity contribution in [2.45, 2.75) is 13.8 Å². The molecule has 3 aromatic rings. The molecule has 0 aliphatic carbocycles. The molecule has 7 heteroatoms. The van der Waals surface area contributed by atoms with Crippen LogP contribution >= 0.6 is 0 Å². The number of benzene rings is 3. The maximum atomic E-state index is 13.7. The van der Waals surface area contributed by atoms with E-state index in [-0.39, 0.29) is 5.70 Å². The lowest BCUT2D eigenvalue weighted by atomic mass is 9.99. The number of nitrogens with zero attached hydrogens (tertiary/aromatic N) is 1. The number of ether oxygens (including phenoxy) is 3. The molecule has 172 valence electrons. The number of methoxy groups -OCH3 is 1. The van der Waals surface area contributed by atoms with E-state index < -0.39 is 11.8 Å². The number of hydrogen-bond acceptors (Lipinski definition) is 6. The zero-order chi connectivity index (χ0) is 23.8. The molecule has 0 saturated heterocycles. The van der Waals surface area contributed by atoms with Crippen molar-refractivity contribution in [3.05, 3.63) is 83.1 Å². The molecule has 2 aliphatic heterocycles. The largest absolute Gasteiger partial charge is 0.495 e. The Hall–Kier alpha value is -4.26. The quantitative estimate of drug-likeness (QED) is 0.571. The minimum Gasteiger partial charge on any atom is -0.495 e. The van der Waals surface area contributed by atoms with Crippen LogP contribution in [-0.2, 0) is 9.59 Å². The Morgan fingerprint density at radius 3 is 2.38 bits per heavy atom. The molecule has 34 heavy (non-hydrogen) atoms. The van der Waals surface area contributed by atoms with Crippen molar-refractivity contribution in [3.8, 4) is 17.2 Å². The van der Waals surface area contributed by atoms with E-state index in [2.05, 4.69) is 5.32 Å². The predicted octanol–water partition coefficient (Wildman–Crippen LogP) is 4.48. The molecule has 0 spiro atoms. The first kappa shape index (κ1) is 21.6. The van der Waals surface area contributed by atoms with Crippen molar-refractivity contribution in [2.75, 3.05) is 30.5 Å². The van der Waals surface area contributed by atoms with E-state index in [9.17, 15) is 9.59 Å². The van der Waals surface area contributed by atoms with Gasteiger partial charge in [-0.1, -0.05) is 30.3 Å². The van der Waals surface area contributed by atoms with Crippen molar-refractivity contribution < 1.29 is 23.8 Å². The van der Waals surface area contributed by atoms with Gasteiger partial charge in [0.05, 0.1) is 18.4 Å². The molecular formula is C27H24N2O5. The summed E-state index contributed by atoms with van der Waals surface area (Å²) in [5.74, 6) is 0.784. The number of hydrogen-bond donors (Lipinski definition) is 1. The topological polar surface area (TPSA) is 77.1 Å². The molecule has 0 radical (unpaired) electrons. The van der Waals surface area contributed by atoms with Gasteiger partial charge in [0.2, 0.25) is 0 Å². The molecule has 3 aromatic carbocycles. The van der Waals surface area contributed by atoms with E-state index in [0.29, 0.717) is 53.0 Å². The summed E-state index contributed by atoms with van der Waals surface area (Å²) in [5, 5.41) is 3.18. The van der Waals surface area contributed by atoms with Crippen LogP contribution in [0.2, 0.25) is 0 Å². The molecular weight excluding hydrogens is 432 g/mol. The fourth-order valence-corrected chi connectivity index (χ4v) is 4.11. The van der Waals surface area contributed by atoms with Crippen molar-refractivity contribution in [1.29, 1.82) is 0 Å². The first-order chi connectivity index (χ1) is 16.5. The molecule has 0 fully saturated rings. The van der Waals surface area contributed by atoms with Crippen LogP contribution in [0.1, 0.15) is 16.7 Å². The van der Waals surface area contributed by atoms with E-state index in [1.807, 2.05) is 32.0 Å². The Morgan fingerprint density at radius 2 is 1.62 bits per heavy atom. The zero-order valence-electron chi connectivity index (χ0n) is 19.2. The Morgan fingerprint density at radius 1 is 0.853 bits per heavy atom. The smallest absolute Gasteiger partial charge is 0.282 e. The Bertz CT molecular complexity index is 1340. The number of rotatable bonds is 5. The fourth-order valence-electron chi connectivity index (χ4n) is 4.11. The third-order valence-electron chi connectivity index (χ3n) is 6.02. The number of amides is 2. The van der Waals surface area contributed by atoms with Gasteiger partial charge in [-0.15, -0.1) is 0 Å². The number of carbonyl (C=O) groups is 2. The highest BCUT2D eigenvalue weighted by Crippen LogP contribution is 2.39. The summed E-state index contributed by atoms with van der Waals surface area (Å²) in [6, 6.07) is 18.0. The second-order valence-corrected chi connectivity index (χ2v) is 8.15. The highest BCUT2D eigenvalue weighted by Gasteiger charge is 2.41. The standard InChI is InChI=1S/C27H24N2O5/c1-16-8-9-18(14-17(16)2)24-25(28-19-10-11-22-23(15-19)34-13-12-33-22)27(31)29(26(24)30)20-6-4-5-7-21(20)32-3/h4-11,14-15,28H,12-13H2,1-3H3. The Labute approximate surface area is 197 Å². The highest BCUT2D eigenvalue weighted by atomic mass is 16.6. The summed E-state index contributed by atoms with van der Waals surface area (Å²) in [6.45, 7) is 4.92. The molecule has 0 saturated carbocycles. The fraction of sp³-hybridized carbons (Fsp3) is 0.185. The number of aryl methyl sites for hydroxylation is 2. The maximum absolute atomic E-state index is 13.7. The van der Waals surface area contributed by atoms with Gasteiger partial charge >= 0.3 is 0 Å². The number of carbonyl (C=O) groups excluding carboxylic acids is 2. The van der Waals surface area contributed by atoms with Crippen LogP contribution < -0.4 is 24.4 Å². The normalized spacial score (nSPS) is 15.1. The number of fused-ring (bicyclic) bond motifs is 1. The van der Waals surface area contributed by atoms with E-state index in [1.54, 1.807) is 42.5 Å². The SMILES string of the molecule is COc1ccccc1N1C(=O)C(Nc2ccc3c(c2)OCCO3)=C(c2ccc(C)c(C)c2)C1=O. The Kier molecular flexibility index (Phi) is 5.45. The molecule has 2 heterocycles. The average molecular weight is 456 g/mol. The van der Waals surface area contributed by atoms with E-state index >= 15 is 0 Å². The van der Waals surface area contributed by atoms with Crippen LogP contribution in [0, 0.1) is 13.8 Å². The summed E-state index contributed by atoms with van der Waals surface area (Å²) in [7, 11) is 1.51. The lowest BCUT2D eigenvalue weighted by Gasteiger charge is -2.20. The second-order valence-electron chi connectivity index (χ2n) is 8.15. The highest BCUT2D eigenvalue weighted by molar-refractivity contribution is 6.46. The summed E-state index contributed by atoms with van der Waals surface area (Å²) in [6.07, 6.45) is 0. The molecule has 1 N–H and O–H groups in total. The van der Waals surface area contributed by atoms with Crippen LogP contribution in [0.25, 0.3) is 5.57 Å². The summed E-state index contributed by atoms with van der Waals surface area (Å²) in [5.41, 5.74) is 4.29. The first-order valence-corrected chi connectivity index (χ1v) is 11.0. The molecule has 7 nitrogen and oxygen atoms in total. The van der Waals surface area contributed by atoms with Crippen molar-refractivity contribution in [2.24, 2.45) is 0 Å². The molecule has 0 aromatic heterocycles. The van der Waals surface area contributed by atoms with Crippen LogP contribution in [0.5, 0.6) is 17.2 Å². The van der Waals surface area contributed by atoms with Gasteiger partial charge in [-0.3, -0.25) is 9.59 Å². The molecule has 5 rings (SSSR count). The minimum atomic E-state index is -0.461. The summed E-state index contributed by atoms with van der Waals surface area (Å²) >= 11 is 0. The van der Waals surface area contributed by atoms with Crippen molar-refractivity contribution >= 4 is 28.8 Å². The number of imide groups is 1. The van der Waals surface area contributed by atoms with Gasteiger partial charge in [0.25, 0.3) is 11.8 Å². The van der Waals surface area contributed by atoms with Crippen molar-refractivity contribution in [3.63, 3.8) is 0 Å². The molecule has 0 atom stereocenters.